The molecule has 1 aromatic heterocycles. The van der Waals surface area contributed by atoms with E-state index in [-0.39, 0.29) is 35.4 Å². The minimum atomic E-state index is -3.66. The van der Waals surface area contributed by atoms with Gasteiger partial charge in [0, 0.05) is 23.6 Å². The van der Waals surface area contributed by atoms with Crippen LogP contribution in [-0.2, 0) is 14.8 Å². The van der Waals surface area contributed by atoms with Gasteiger partial charge in [-0.1, -0.05) is 19.9 Å². The fraction of sp³-hybridized carbons (Fsp3) is 0.421. The fourth-order valence-corrected chi connectivity index (χ4v) is 4.84. The zero-order valence-electron chi connectivity index (χ0n) is 15.9. The molecule has 0 fully saturated rings. The molecule has 2 N–H and O–H groups in total. The number of carbonyl (C=O) groups excluding carboxylic acids is 1. The Balaban J connectivity index is 2.11. The van der Waals surface area contributed by atoms with Gasteiger partial charge in [-0.05, 0) is 48.6 Å². The average Bonchev–Trinajstić information content (AvgIpc) is 3.13. The lowest BCUT2D eigenvalue weighted by molar-refractivity contribution is 0.0926. The molecule has 1 heterocycles. The Morgan fingerprint density at radius 1 is 1.15 bits per heavy atom. The van der Waals surface area contributed by atoms with Gasteiger partial charge in [-0.25, -0.2) is 13.1 Å². The van der Waals surface area contributed by atoms with E-state index in [9.17, 15) is 13.2 Å². The molecule has 0 unspecified atom stereocenters. The van der Waals surface area contributed by atoms with Crippen LogP contribution in [0.4, 0.5) is 0 Å². The number of sulfonamides is 1. The smallest absolute Gasteiger partial charge is 0.251 e. The third-order valence-electron chi connectivity index (χ3n) is 4.00. The van der Waals surface area contributed by atoms with Gasteiger partial charge in [-0.2, -0.15) is 0 Å². The van der Waals surface area contributed by atoms with E-state index in [1.54, 1.807) is 18.3 Å². The Morgan fingerprint density at radius 2 is 1.81 bits per heavy atom. The molecule has 148 valence electrons. The van der Waals surface area contributed by atoms with E-state index in [4.69, 9.17) is 4.74 Å². The fourth-order valence-electron chi connectivity index (χ4n) is 2.66. The van der Waals surface area contributed by atoms with E-state index >= 15 is 0 Å². The first-order chi connectivity index (χ1) is 12.7. The first-order valence-corrected chi connectivity index (χ1v) is 11.1. The Morgan fingerprint density at radius 3 is 2.33 bits per heavy atom. The highest BCUT2D eigenvalue weighted by atomic mass is 32.2. The molecule has 27 heavy (non-hydrogen) atoms. The third kappa shape index (κ3) is 5.87. The monoisotopic (exact) mass is 410 g/mol. The highest BCUT2D eigenvalue weighted by molar-refractivity contribution is 7.89. The minimum absolute atomic E-state index is 0.0857. The summed E-state index contributed by atoms with van der Waals surface area (Å²) in [5.41, 5.74) is 0.418. The molecule has 0 aliphatic carbocycles. The van der Waals surface area contributed by atoms with Crippen molar-refractivity contribution < 1.29 is 17.9 Å². The summed E-state index contributed by atoms with van der Waals surface area (Å²) >= 11 is 1.60. The Bertz CT molecular complexity index is 831. The number of hydrogen-bond acceptors (Lipinski definition) is 5. The van der Waals surface area contributed by atoms with E-state index in [2.05, 4.69) is 10.0 Å². The standard InChI is InChI=1S/C19H26N2O4S2/c1-13(2)18(17-6-5-11-26-17)20-19(22)15-7-9-16(10-8-15)27(23,24)21-14(3)12-25-4/h5-11,13-14,18,21H,12H2,1-4H3,(H,20,22)/t14-,18+/m0/s1. The number of rotatable bonds is 9. The molecule has 2 aromatic rings. The van der Waals surface area contributed by atoms with E-state index in [1.807, 2.05) is 31.4 Å². The molecule has 8 heteroatoms. The summed E-state index contributed by atoms with van der Waals surface area (Å²) in [6, 6.07) is 9.45. The van der Waals surface area contributed by atoms with Gasteiger partial charge in [-0.3, -0.25) is 4.79 Å². The molecule has 2 atom stereocenters. The van der Waals surface area contributed by atoms with Crippen molar-refractivity contribution in [3.8, 4) is 0 Å². The molecular formula is C19H26N2O4S2. The summed E-state index contributed by atoms with van der Waals surface area (Å²) in [6.07, 6.45) is 0. The van der Waals surface area contributed by atoms with Crippen LogP contribution < -0.4 is 10.0 Å². The Hall–Kier alpha value is -1.74. The van der Waals surface area contributed by atoms with Crippen molar-refractivity contribution in [2.75, 3.05) is 13.7 Å². The van der Waals surface area contributed by atoms with Gasteiger partial charge in [0.15, 0.2) is 0 Å². The molecule has 1 aromatic carbocycles. The number of ether oxygens (including phenoxy) is 1. The summed E-state index contributed by atoms with van der Waals surface area (Å²) in [5, 5.41) is 5.01. The highest BCUT2D eigenvalue weighted by Crippen LogP contribution is 2.26. The van der Waals surface area contributed by atoms with Crippen LogP contribution in [0, 0.1) is 5.92 Å². The van der Waals surface area contributed by atoms with E-state index in [1.165, 1.54) is 31.4 Å². The number of carbonyl (C=O) groups is 1. The van der Waals surface area contributed by atoms with Crippen LogP contribution in [0.15, 0.2) is 46.7 Å². The van der Waals surface area contributed by atoms with E-state index < -0.39 is 10.0 Å². The summed E-state index contributed by atoms with van der Waals surface area (Å²) in [7, 11) is -2.14. The number of nitrogens with one attached hydrogen (secondary N) is 2. The predicted octanol–water partition coefficient (Wildman–Crippen LogP) is 3.19. The number of methoxy groups -OCH3 is 1. The van der Waals surface area contributed by atoms with Crippen LogP contribution >= 0.6 is 11.3 Å². The molecule has 0 saturated carbocycles. The topological polar surface area (TPSA) is 84.5 Å². The Labute approximate surface area is 165 Å². The van der Waals surface area contributed by atoms with Gasteiger partial charge in [0.25, 0.3) is 5.91 Å². The first kappa shape index (κ1) is 21.6. The maximum atomic E-state index is 12.6. The predicted molar refractivity (Wildman–Crippen MR) is 107 cm³/mol. The van der Waals surface area contributed by atoms with Crippen LogP contribution in [0.3, 0.4) is 0 Å². The second kappa shape index (κ2) is 9.45. The lowest BCUT2D eigenvalue weighted by atomic mass is 10.0. The van der Waals surface area contributed by atoms with Crippen LogP contribution in [0.2, 0.25) is 0 Å². The number of hydrogen-bond donors (Lipinski definition) is 2. The normalized spacial score (nSPS) is 14.1. The van der Waals surface area contributed by atoms with E-state index in [0.717, 1.165) is 4.88 Å². The molecule has 0 bridgehead atoms. The summed E-state index contributed by atoms with van der Waals surface area (Å²) in [5.74, 6) is 0.00508. The SMILES string of the molecule is COC[C@H](C)NS(=O)(=O)c1ccc(C(=O)N[C@@H](c2cccs2)C(C)C)cc1. The van der Waals surface area contributed by atoms with Gasteiger partial charge in [-0.15, -0.1) is 11.3 Å². The summed E-state index contributed by atoms with van der Waals surface area (Å²) < 4.78 is 32.2. The first-order valence-electron chi connectivity index (χ1n) is 8.70. The van der Waals surface area contributed by atoms with Crippen molar-refractivity contribution in [3.05, 3.63) is 52.2 Å². The number of benzene rings is 1. The molecule has 1 amide bonds. The van der Waals surface area contributed by atoms with Crippen molar-refractivity contribution in [2.24, 2.45) is 5.92 Å². The van der Waals surface area contributed by atoms with Crippen LogP contribution in [0.1, 0.15) is 42.0 Å². The van der Waals surface area contributed by atoms with Crippen LogP contribution in [0.5, 0.6) is 0 Å². The molecular weight excluding hydrogens is 384 g/mol. The van der Waals surface area contributed by atoms with Crippen LogP contribution in [-0.4, -0.2) is 34.1 Å². The van der Waals surface area contributed by atoms with Crippen molar-refractivity contribution in [2.45, 2.75) is 37.8 Å². The second-order valence-corrected chi connectivity index (χ2v) is 9.41. The second-order valence-electron chi connectivity index (χ2n) is 6.71. The summed E-state index contributed by atoms with van der Waals surface area (Å²) in [6.45, 7) is 6.10. The molecule has 6 nitrogen and oxygen atoms in total. The maximum absolute atomic E-state index is 12.6. The third-order valence-corrected chi connectivity index (χ3v) is 6.56. The number of thiophene rings is 1. The molecule has 0 radical (unpaired) electrons. The molecule has 0 aliphatic heterocycles. The zero-order chi connectivity index (χ0) is 20.0. The van der Waals surface area contributed by atoms with E-state index in [0.29, 0.717) is 5.56 Å². The average molecular weight is 411 g/mol. The van der Waals surface area contributed by atoms with Crippen molar-refractivity contribution >= 4 is 27.3 Å². The zero-order valence-corrected chi connectivity index (χ0v) is 17.6. The van der Waals surface area contributed by atoms with Gasteiger partial charge in [0.1, 0.15) is 0 Å². The van der Waals surface area contributed by atoms with Crippen LogP contribution in [0.25, 0.3) is 0 Å². The van der Waals surface area contributed by atoms with Crippen molar-refractivity contribution in [3.63, 3.8) is 0 Å². The maximum Gasteiger partial charge on any atom is 0.251 e. The van der Waals surface area contributed by atoms with Gasteiger partial charge in [0.05, 0.1) is 17.5 Å². The number of amides is 1. The Kier molecular flexibility index (Phi) is 7.55. The molecule has 0 saturated heterocycles. The van der Waals surface area contributed by atoms with Gasteiger partial charge in [0.2, 0.25) is 10.0 Å². The lowest BCUT2D eigenvalue weighted by Crippen LogP contribution is -2.35. The van der Waals surface area contributed by atoms with Gasteiger partial charge >= 0.3 is 0 Å². The quantitative estimate of drug-likeness (QED) is 0.665. The minimum Gasteiger partial charge on any atom is -0.383 e. The molecule has 0 aliphatic rings. The molecule has 2 rings (SSSR count). The lowest BCUT2D eigenvalue weighted by Gasteiger charge is -2.21. The largest absolute Gasteiger partial charge is 0.383 e. The van der Waals surface area contributed by atoms with Crippen molar-refractivity contribution in [1.29, 1.82) is 0 Å². The summed E-state index contributed by atoms with van der Waals surface area (Å²) in [4.78, 5) is 13.8. The van der Waals surface area contributed by atoms with Crippen molar-refractivity contribution in [1.82, 2.24) is 10.0 Å². The highest BCUT2D eigenvalue weighted by Gasteiger charge is 2.21. The van der Waals surface area contributed by atoms with Gasteiger partial charge < -0.3 is 10.1 Å². The molecule has 0 spiro atoms.